The minimum atomic E-state index is -4.27. The van der Waals surface area contributed by atoms with Crippen molar-refractivity contribution < 1.29 is 13.1 Å². The van der Waals surface area contributed by atoms with Gasteiger partial charge in [-0.05, 0) is 60.1 Å². The predicted octanol–water partition coefficient (Wildman–Crippen LogP) is 6.73. The van der Waals surface area contributed by atoms with Gasteiger partial charge in [-0.3, -0.25) is 0 Å². The van der Waals surface area contributed by atoms with Crippen molar-refractivity contribution >= 4 is 41.5 Å². The molecule has 38 heavy (non-hydrogen) atoms. The van der Waals surface area contributed by atoms with E-state index in [9.17, 15) is 0 Å². The maximum atomic E-state index is 17.2. The second-order valence-corrected chi connectivity index (χ2v) is 10.9. The highest BCUT2D eigenvalue weighted by Gasteiger charge is 2.57. The Balaban J connectivity index is 1.55. The Morgan fingerprint density at radius 1 is 0.816 bits per heavy atom. The van der Waals surface area contributed by atoms with E-state index in [1.807, 2.05) is 60.7 Å². The Morgan fingerprint density at radius 3 is 2.21 bits per heavy atom. The number of halogens is 4. The van der Waals surface area contributed by atoms with Crippen molar-refractivity contribution in [2.45, 2.75) is 25.7 Å². The maximum absolute atomic E-state index is 17.2. The van der Waals surface area contributed by atoms with Crippen LogP contribution in [0.15, 0.2) is 78.3 Å². The molecule has 2 aromatic carbocycles. The van der Waals surface area contributed by atoms with Crippen LogP contribution in [-0.4, -0.2) is 31.6 Å². The summed E-state index contributed by atoms with van der Waals surface area (Å²) in [5.41, 5.74) is 8.41. The molecule has 0 amide bonds. The van der Waals surface area contributed by atoms with Crippen molar-refractivity contribution in [2.75, 3.05) is 0 Å². The maximum Gasteiger partial charge on any atom is 0.737 e. The molecule has 4 aromatic rings. The van der Waals surface area contributed by atoms with Crippen LogP contribution in [0.2, 0.25) is 10.3 Å². The van der Waals surface area contributed by atoms with Crippen LogP contribution in [0.5, 0.6) is 0 Å². The van der Waals surface area contributed by atoms with E-state index in [4.69, 9.17) is 23.2 Å². The molecule has 186 valence electrons. The SMILES string of the molecule is F[B-]1(F)n2c(cc3c2-c2ccccc2CC3)C(c2c(Cl)ncnc2Cl)=C2C=C3CCc4ccccc4C3=[N+]21. The quantitative estimate of drug-likeness (QED) is 0.197. The van der Waals surface area contributed by atoms with E-state index in [0.29, 0.717) is 46.8 Å². The molecule has 0 fully saturated rings. The first-order valence-corrected chi connectivity index (χ1v) is 13.4. The van der Waals surface area contributed by atoms with Crippen LogP contribution in [0.1, 0.15) is 39.9 Å². The van der Waals surface area contributed by atoms with Gasteiger partial charge in [-0.25, -0.2) is 9.97 Å². The molecule has 4 nitrogen and oxygen atoms in total. The molecule has 2 aromatic heterocycles. The normalized spacial score (nSPS) is 18.3. The summed E-state index contributed by atoms with van der Waals surface area (Å²) in [7, 11) is 0. The molecule has 0 N–H and O–H groups in total. The Hall–Kier alpha value is -3.55. The molecule has 9 heteroatoms. The van der Waals surface area contributed by atoms with Gasteiger partial charge in [0, 0.05) is 28.6 Å². The first-order valence-electron chi connectivity index (χ1n) is 12.7. The molecule has 4 heterocycles. The Kier molecular flexibility index (Phi) is 4.57. The predicted molar refractivity (Wildman–Crippen MR) is 146 cm³/mol. The van der Waals surface area contributed by atoms with Gasteiger partial charge in [0.05, 0.1) is 11.1 Å². The third-order valence-corrected chi connectivity index (χ3v) is 8.81. The average molecular weight is 543 g/mol. The molecular weight excluding hydrogens is 524 g/mol. The van der Waals surface area contributed by atoms with Crippen molar-refractivity contribution in [3.05, 3.63) is 122 Å². The highest BCUT2D eigenvalue weighted by molar-refractivity contribution is 6.59. The van der Waals surface area contributed by atoms with Gasteiger partial charge in [0.2, 0.25) is 0 Å². The Labute approximate surface area is 227 Å². The summed E-state index contributed by atoms with van der Waals surface area (Å²) >= 11 is 13.3. The topological polar surface area (TPSA) is 33.7 Å². The van der Waals surface area contributed by atoms with Gasteiger partial charge in [-0.15, -0.1) is 0 Å². The van der Waals surface area contributed by atoms with Gasteiger partial charge in [-0.1, -0.05) is 65.7 Å². The minimum absolute atomic E-state index is 0.134. The summed E-state index contributed by atoms with van der Waals surface area (Å²) in [5, 5.41) is 0.268. The van der Waals surface area contributed by atoms with Gasteiger partial charge in [-0.2, -0.15) is 0 Å². The summed E-state index contributed by atoms with van der Waals surface area (Å²) in [5.74, 6) is 0. The van der Waals surface area contributed by atoms with Gasteiger partial charge < -0.3 is 17.6 Å². The van der Waals surface area contributed by atoms with E-state index in [1.54, 1.807) is 0 Å². The van der Waals surface area contributed by atoms with Gasteiger partial charge in [0.15, 0.2) is 11.4 Å². The Morgan fingerprint density at radius 2 is 1.45 bits per heavy atom. The molecule has 0 bridgehead atoms. The highest BCUT2D eigenvalue weighted by atomic mass is 35.5. The second kappa shape index (κ2) is 7.74. The van der Waals surface area contributed by atoms with Crippen LogP contribution in [0.3, 0.4) is 0 Å². The first-order chi connectivity index (χ1) is 18.4. The number of allylic oxidation sites excluding steroid dienone is 2. The van der Waals surface area contributed by atoms with E-state index in [2.05, 4.69) is 9.97 Å². The molecule has 0 radical (unpaired) electrons. The summed E-state index contributed by atoms with van der Waals surface area (Å²) in [4.78, 5) is 8.36. The fourth-order valence-electron chi connectivity index (χ4n) is 6.70. The second-order valence-electron chi connectivity index (χ2n) is 10.2. The van der Waals surface area contributed by atoms with Crippen molar-refractivity contribution in [1.82, 2.24) is 14.4 Å². The standard InChI is InChI=1S/C29H19BCl2F2N4/c31-28-25(29(32)36-15-35-28)24-22-13-18-11-9-16-5-1-3-7-20(16)26(18)37(22)30(33,34)38-23(24)14-19-12-10-17-6-2-4-8-21(17)27(19)38/h1-8,13-15H,9-12H2. The number of aromatic nitrogens is 3. The van der Waals surface area contributed by atoms with Gasteiger partial charge >= 0.3 is 6.97 Å². The average Bonchev–Trinajstić information content (AvgIpc) is 3.51. The van der Waals surface area contributed by atoms with Gasteiger partial charge in [0.25, 0.3) is 0 Å². The zero-order valence-corrected chi connectivity index (χ0v) is 21.6. The zero-order chi connectivity index (χ0) is 25.8. The van der Waals surface area contributed by atoms with Crippen molar-refractivity contribution in [1.29, 1.82) is 0 Å². The van der Waals surface area contributed by atoms with Crippen molar-refractivity contribution in [3.63, 3.8) is 0 Å². The van der Waals surface area contributed by atoms with E-state index < -0.39 is 6.97 Å². The largest absolute Gasteiger partial charge is 0.737 e. The van der Waals surface area contributed by atoms with E-state index in [-0.39, 0.29) is 10.3 Å². The summed E-state index contributed by atoms with van der Waals surface area (Å²) in [6, 6.07) is 17.5. The number of rotatable bonds is 1. The lowest BCUT2D eigenvalue weighted by atomic mass is 9.83. The molecule has 0 saturated carbocycles. The zero-order valence-electron chi connectivity index (χ0n) is 20.1. The smallest absolute Gasteiger partial charge is 0.389 e. The van der Waals surface area contributed by atoms with Crippen molar-refractivity contribution in [2.24, 2.45) is 0 Å². The van der Waals surface area contributed by atoms with Crippen LogP contribution < -0.4 is 0 Å². The fourth-order valence-corrected chi connectivity index (χ4v) is 7.21. The Bertz CT molecular complexity index is 1820. The molecule has 8 rings (SSSR count). The van der Waals surface area contributed by atoms with Crippen LogP contribution in [0.4, 0.5) is 8.63 Å². The number of nitrogens with zero attached hydrogens (tertiary/aromatic N) is 4. The molecular formula is C29H19BCl2F2N4. The minimum Gasteiger partial charge on any atom is -0.389 e. The number of hydrogen-bond acceptors (Lipinski definition) is 2. The third-order valence-electron chi connectivity index (χ3n) is 8.24. The monoisotopic (exact) mass is 542 g/mol. The number of hydrogen-bond donors (Lipinski definition) is 0. The lowest BCUT2D eigenvalue weighted by molar-refractivity contribution is -0.361. The van der Waals surface area contributed by atoms with Crippen LogP contribution in [0, 0.1) is 0 Å². The molecule has 0 saturated heterocycles. The third kappa shape index (κ3) is 2.83. The molecule has 0 unspecified atom stereocenters. The van der Waals surface area contributed by atoms with Crippen LogP contribution in [-0.2, 0) is 19.3 Å². The lowest BCUT2D eigenvalue weighted by Crippen LogP contribution is -2.52. The number of aryl methyl sites for hydroxylation is 3. The summed E-state index contributed by atoms with van der Waals surface area (Å²) in [6.45, 7) is -4.27. The van der Waals surface area contributed by atoms with Crippen LogP contribution in [0.25, 0.3) is 16.8 Å². The van der Waals surface area contributed by atoms with E-state index in [1.165, 1.54) is 15.3 Å². The fraction of sp³-hybridized carbons (Fsp3) is 0.138. The molecule has 0 spiro atoms. The van der Waals surface area contributed by atoms with E-state index >= 15 is 8.63 Å². The summed E-state index contributed by atoms with van der Waals surface area (Å²) < 4.78 is 36.9. The number of fused-ring (bicyclic) bond motifs is 9. The van der Waals surface area contributed by atoms with Gasteiger partial charge in [0.1, 0.15) is 16.6 Å². The summed E-state index contributed by atoms with van der Waals surface area (Å²) in [6.07, 6.45) is 6.12. The highest BCUT2D eigenvalue weighted by Crippen LogP contribution is 2.50. The lowest BCUT2D eigenvalue weighted by Gasteiger charge is -2.35. The molecule has 2 aliphatic heterocycles. The molecule has 0 atom stereocenters. The first kappa shape index (κ1) is 22.4. The van der Waals surface area contributed by atoms with Crippen LogP contribution >= 0.6 is 23.2 Å². The number of benzene rings is 2. The van der Waals surface area contributed by atoms with Crippen molar-refractivity contribution in [3.8, 4) is 11.3 Å². The molecule has 4 aliphatic rings. The molecule has 2 aliphatic carbocycles. The van der Waals surface area contributed by atoms with E-state index in [0.717, 1.165) is 46.2 Å².